The fourth-order valence-corrected chi connectivity index (χ4v) is 5.43. The van der Waals surface area contributed by atoms with E-state index in [4.69, 9.17) is 0 Å². The molecule has 226 valence electrons. The molecule has 2 atom stereocenters. The van der Waals surface area contributed by atoms with Crippen molar-refractivity contribution < 1.29 is 63.2 Å². The average Bonchev–Trinajstić information content (AvgIpc) is 3.28. The zero-order chi connectivity index (χ0) is 31.3. The van der Waals surface area contributed by atoms with Crippen LogP contribution in [0.25, 0.3) is 22.3 Å². The Balaban J connectivity index is 0.00000529. The molecule has 0 fully saturated rings. The Morgan fingerprint density at radius 1 is 0.886 bits per heavy atom. The number of hydrogen-bond acceptors (Lipinski definition) is 5. The molecule has 4 rings (SSSR count). The van der Waals surface area contributed by atoms with Crippen molar-refractivity contribution in [3.05, 3.63) is 101 Å². The molecule has 4 aromatic rings. The summed E-state index contributed by atoms with van der Waals surface area (Å²) in [6, 6.07) is 18.7. The van der Waals surface area contributed by atoms with E-state index in [9.17, 15) is 33.7 Å². The fraction of sp³-hybridized carbons (Fsp3) is 0.294. The van der Waals surface area contributed by atoms with E-state index in [-0.39, 0.29) is 54.9 Å². The van der Waals surface area contributed by atoms with E-state index in [0.29, 0.717) is 39.3 Å². The Morgan fingerprint density at radius 3 is 1.98 bits per heavy atom. The summed E-state index contributed by atoms with van der Waals surface area (Å²) in [7, 11) is 0. The summed E-state index contributed by atoms with van der Waals surface area (Å²) >= 11 is 0. The maximum atomic E-state index is 14.1. The maximum Gasteiger partial charge on any atom is 1.00 e. The number of rotatable bonds is 12. The molecular weight excluding hydrogens is 577 g/mol. The van der Waals surface area contributed by atoms with Crippen molar-refractivity contribution in [3.63, 3.8) is 0 Å². The molecule has 0 radical (unpaired) electrons. The number of aliphatic carboxylic acids is 1. The number of carbonyl (C=O) groups is 2. The molecule has 1 heterocycles. The van der Waals surface area contributed by atoms with Crippen molar-refractivity contribution in [2.24, 2.45) is 0 Å². The molecule has 1 aromatic heterocycles. The number of nitrogens with zero attached hydrogens (tertiary/aromatic N) is 1. The predicted octanol–water partition coefficient (Wildman–Crippen LogP) is 2.43. The summed E-state index contributed by atoms with van der Waals surface area (Å²) in [5, 5.41) is 34.6. The van der Waals surface area contributed by atoms with Gasteiger partial charge < -0.3 is 30.0 Å². The molecule has 3 aromatic carbocycles. The molecule has 1 amide bonds. The number of aryl methyl sites for hydroxylation is 1. The van der Waals surface area contributed by atoms with Gasteiger partial charge in [0.2, 0.25) is 0 Å². The number of aliphatic hydroxyl groups excluding tert-OH is 2. The Kier molecular flexibility index (Phi) is 12.5. The van der Waals surface area contributed by atoms with Crippen molar-refractivity contribution in [3.8, 4) is 22.3 Å². The summed E-state index contributed by atoms with van der Waals surface area (Å²) < 4.78 is 30.0. The van der Waals surface area contributed by atoms with Crippen LogP contribution in [0.3, 0.4) is 0 Å². The van der Waals surface area contributed by atoms with Gasteiger partial charge >= 0.3 is 29.6 Å². The van der Waals surface area contributed by atoms with Gasteiger partial charge in [-0.15, -0.1) is 0 Å². The zero-order valence-electron chi connectivity index (χ0n) is 25.3. The summed E-state index contributed by atoms with van der Waals surface area (Å²) in [5.41, 5.74) is 4.86. The van der Waals surface area contributed by atoms with E-state index in [1.165, 1.54) is 24.3 Å². The molecule has 0 saturated carbocycles. The summed E-state index contributed by atoms with van der Waals surface area (Å²) in [5.74, 6) is -2.70. The van der Waals surface area contributed by atoms with E-state index >= 15 is 0 Å². The predicted molar refractivity (Wildman–Crippen MR) is 159 cm³/mol. The number of amides is 1. The Morgan fingerprint density at radius 2 is 1.45 bits per heavy atom. The first kappa shape index (κ1) is 35.1. The van der Waals surface area contributed by atoms with E-state index in [1.807, 2.05) is 43.5 Å². The molecule has 10 heteroatoms. The second-order valence-electron chi connectivity index (χ2n) is 11.0. The second kappa shape index (κ2) is 15.6. The molecule has 0 aliphatic carbocycles. The van der Waals surface area contributed by atoms with Crippen LogP contribution in [0.1, 0.15) is 60.9 Å². The number of aliphatic hydroxyl groups is 2. The first-order chi connectivity index (χ1) is 20.4. The largest absolute Gasteiger partial charge is 1.00 e. The maximum absolute atomic E-state index is 14.1. The summed E-state index contributed by atoms with van der Waals surface area (Å²) in [4.78, 5) is 25.0. The molecule has 0 aliphatic heterocycles. The van der Waals surface area contributed by atoms with Crippen molar-refractivity contribution in [2.75, 3.05) is 5.32 Å². The van der Waals surface area contributed by atoms with Gasteiger partial charge in [-0.25, -0.2) is 8.78 Å². The second-order valence-corrected chi connectivity index (χ2v) is 11.0. The molecule has 0 bridgehead atoms. The third-order valence-corrected chi connectivity index (χ3v) is 7.24. The third kappa shape index (κ3) is 8.64. The Hall–Kier alpha value is -3.34. The van der Waals surface area contributed by atoms with Gasteiger partial charge in [-0.1, -0.05) is 36.4 Å². The van der Waals surface area contributed by atoms with Gasteiger partial charge in [0.1, 0.15) is 17.3 Å². The Labute approximate surface area is 277 Å². The number of carboxylic acid groups (broad SMARTS) is 1. The van der Waals surface area contributed by atoms with E-state index in [0.717, 1.165) is 5.56 Å². The van der Waals surface area contributed by atoms with Gasteiger partial charge in [0, 0.05) is 40.9 Å². The summed E-state index contributed by atoms with van der Waals surface area (Å²) in [6.07, 6.45) is -2.73. The quantitative estimate of drug-likeness (QED) is 0.213. The topological polar surface area (TPSA) is 115 Å². The van der Waals surface area contributed by atoms with Crippen LogP contribution < -0.4 is 40.0 Å². The molecule has 44 heavy (non-hydrogen) atoms. The molecule has 7 nitrogen and oxygen atoms in total. The van der Waals surface area contributed by atoms with Gasteiger partial charge in [-0.3, -0.25) is 4.79 Å². The number of halogens is 2. The van der Waals surface area contributed by atoms with Crippen molar-refractivity contribution >= 4 is 17.6 Å². The number of benzene rings is 3. The molecule has 0 aliphatic rings. The monoisotopic (exact) mass is 612 g/mol. The van der Waals surface area contributed by atoms with E-state index in [2.05, 4.69) is 5.32 Å². The number of nitrogens with one attached hydrogen (secondary N) is 1. The molecule has 0 saturated heterocycles. The SMILES string of the molecule is Cc1cccc(NC(=O)c2c(-c3ccc(F)cc3)c(-c3ccc(F)cc3)c(CC[C@@H](O)C[C@@H](O)CC(=O)[O-])n2C(C)C)c1.[Na+]. The van der Waals surface area contributed by atoms with Crippen LogP contribution in [0.5, 0.6) is 0 Å². The van der Waals surface area contributed by atoms with Crippen molar-refractivity contribution in [2.45, 2.75) is 64.7 Å². The standard InChI is InChI=1S/C34H36F2N2O5.Na/c1-20(2)38-29(16-15-27(39)18-28(40)19-30(41)42)31(22-7-11-24(35)12-8-22)32(23-9-13-25(36)14-10-23)33(38)34(43)37-26-6-4-5-21(3)17-26;/h4-14,17,20,27-28,39-40H,15-16,18-19H2,1-3H3,(H,37,43)(H,41,42);/q;+1/p-1/t27-,28-;/m1./s1. The minimum absolute atomic E-state index is 0. The van der Waals surface area contributed by atoms with Crippen molar-refractivity contribution in [1.29, 1.82) is 0 Å². The first-order valence-electron chi connectivity index (χ1n) is 14.2. The molecule has 3 N–H and O–H groups in total. The van der Waals surface area contributed by atoms with Crippen LogP contribution in [0.2, 0.25) is 0 Å². The van der Waals surface area contributed by atoms with Crippen LogP contribution in [-0.2, 0) is 11.2 Å². The third-order valence-electron chi connectivity index (χ3n) is 7.24. The number of hydrogen-bond donors (Lipinski definition) is 3. The fourth-order valence-electron chi connectivity index (χ4n) is 5.43. The Bertz CT molecular complexity index is 1590. The number of anilines is 1. The number of carbonyl (C=O) groups excluding carboxylic acids is 2. The van der Waals surface area contributed by atoms with Gasteiger partial charge in [-0.05, 0) is 93.1 Å². The van der Waals surface area contributed by atoms with Crippen molar-refractivity contribution in [1.82, 2.24) is 4.57 Å². The molecular formula is C34H35F2N2NaO5. The normalized spacial score (nSPS) is 12.5. The number of carboxylic acids is 1. The van der Waals surface area contributed by atoms with E-state index in [1.54, 1.807) is 30.3 Å². The summed E-state index contributed by atoms with van der Waals surface area (Å²) in [6.45, 7) is 5.74. The average molecular weight is 613 g/mol. The zero-order valence-corrected chi connectivity index (χ0v) is 27.3. The minimum atomic E-state index is -1.42. The van der Waals surface area contributed by atoms with Crippen LogP contribution in [-0.4, -0.2) is 38.9 Å². The smallest absolute Gasteiger partial charge is 0.550 e. The van der Waals surface area contributed by atoms with Gasteiger partial charge in [0.05, 0.1) is 12.2 Å². The molecule has 0 spiro atoms. The van der Waals surface area contributed by atoms with Gasteiger partial charge in [0.25, 0.3) is 5.91 Å². The van der Waals surface area contributed by atoms with Crippen LogP contribution >= 0.6 is 0 Å². The first-order valence-corrected chi connectivity index (χ1v) is 14.2. The van der Waals surface area contributed by atoms with Crippen LogP contribution in [0, 0.1) is 18.6 Å². The van der Waals surface area contributed by atoms with E-state index < -0.39 is 42.1 Å². The number of aromatic nitrogens is 1. The van der Waals surface area contributed by atoms with Gasteiger partial charge in [-0.2, -0.15) is 0 Å². The van der Waals surface area contributed by atoms with Gasteiger partial charge in [0.15, 0.2) is 0 Å². The van der Waals surface area contributed by atoms with Crippen LogP contribution in [0.4, 0.5) is 14.5 Å². The molecule has 0 unspecified atom stereocenters. The minimum Gasteiger partial charge on any atom is -0.550 e. The van der Waals surface area contributed by atoms with Crippen LogP contribution in [0.15, 0.2) is 72.8 Å².